The predicted octanol–water partition coefficient (Wildman–Crippen LogP) is 5.85. The zero-order valence-electron chi connectivity index (χ0n) is 14.6. The van der Waals surface area contributed by atoms with E-state index in [0.29, 0.717) is 50.1 Å². The van der Waals surface area contributed by atoms with Crippen LogP contribution in [-0.2, 0) is 6.42 Å². The van der Waals surface area contributed by atoms with Gasteiger partial charge in [-0.1, -0.05) is 23.2 Å². The van der Waals surface area contributed by atoms with Crippen molar-refractivity contribution in [3.8, 4) is 5.82 Å². The average Bonchev–Trinajstić information content (AvgIpc) is 3.22. The number of hydrogen-bond acceptors (Lipinski definition) is 3. The van der Waals surface area contributed by atoms with Gasteiger partial charge in [0.15, 0.2) is 5.82 Å². The van der Waals surface area contributed by atoms with Gasteiger partial charge < -0.3 is 5.32 Å². The highest BCUT2D eigenvalue weighted by molar-refractivity contribution is 9.10. The van der Waals surface area contributed by atoms with Gasteiger partial charge in [0.05, 0.1) is 15.7 Å². The molecular formula is C19H14BrCl2FN4O. The van der Waals surface area contributed by atoms with Crippen molar-refractivity contribution in [2.45, 2.75) is 25.9 Å². The van der Waals surface area contributed by atoms with Crippen LogP contribution in [0.2, 0.25) is 10.0 Å². The van der Waals surface area contributed by atoms with E-state index in [0.717, 1.165) is 5.56 Å². The van der Waals surface area contributed by atoms with Gasteiger partial charge in [-0.25, -0.2) is 14.1 Å². The summed E-state index contributed by atoms with van der Waals surface area (Å²) < 4.78 is 16.1. The highest BCUT2D eigenvalue weighted by atomic mass is 79.9. The molecule has 0 fully saturated rings. The fourth-order valence-electron chi connectivity index (χ4n) is 3.47. The molecule has 1 aliphatic rings. The molecule has 5 nitrogen and oxygen atoms in total. The van der Waals surface area contributed by atoms with E-state index < -0.39 is 12.1 Å². The van der Waals surface area contributed by atoms with Gasteiger partial charge in [0.1, 0.15) is 16.5 Å². The number of pyridine rings is 1. The second-order valence-corrected chi connectivity index (χ2v) is 8.09. The first-order valence-electron chi connectivity index (χ1n) is 8.50. The molecule has 9 heteroatoms. The van der Waals surface area contributed by atoms with E-state index in [2.05, 4.69) is 31.3 Å². The van der Waals surface area contributed by atoms with E-state index in [1.165, 1.54) is 4.68 Å². The molecule has 1 N–H and O–H groups in total. The number of anilines is 1. The van der Waals surface area contributed by atoms with Gasteiger partial charge >= 0.3 is 0 Å². The van der Waals surface area contributed by atoms with E-state index in [4.69, 9.17) is 23.2 Å². The number of carbonyl (C=O) groups is 1. The summed E-state index contributed by atoms with van der Waals surface area (Å²) in [7, 11) is 0. The molecule has 144 valence electrons. The Morgan fingerprint density at radius 1 is 1.36 bits per heavy atom. The Kier molecular flexibility index (Phi) is 5.16. The fourth-order valence-corrected chi connectivity index (χ4v) is 4.36. The molecule has 2 aromatic heterocycles. The summed E-state index contributed by atoms with van der Waals surface area (Å²) in [5.41, 5.74) is 2.75. The van der Waals surface area contributed by atoms with Crippen LogP contribution in [-0.4, -0.2) is 20.7 Å². The molecule has 0 saturated carbocycles. The minimum atomic E-state index is -1.05. The van der Waals surface area contributed by atoms with Crippen LogP contribution in [0.25, 0.3) is 5.82 Å². The van der Waals surface area contributed by atoms with Crippen molar-refractivity contribution in [1.29, 1.82) is 0 Å². The molecule has 1 amide bonds. The molecule has 0 spiro atoms. The van der Waals surface area contributed by atoms with Crippen molar-refractivity contribution in [2.24, 2.45) is 0 Å². The quantitative estimate of drug-likeness (QED) is 0.508. The number of nitrogens with zero attached hydrogens (tertiary/aromatic N) is 3. The number of aromatic nitrogens is 3. The monoisotopic (exact) mass is 482 g/mol. The van der Waals surface area contributed by atoms with Crippen LogP contribution in [0.1, 0.15) is 39.8 Å². The van der Waals surface area contributed by atoms with Crippen LogP contribution in [0.5, 0.6) is 0 Å². The Morgan fingerprint density at radius 2 is 2.14 bits per heavy atom. The molecule has 0 bridgehead atoms. The number of carbonyl (C=O) groups excluding carboxylic acids is 1. The molecule has 2 heterocycles. The van der Waals surface area contributed by atoms with E-state index >= 15 is 0 Å². The third-order valence-corrected chi connectivity index (χ3v) is 5.72. The van der Waals surface area contributed by atoms with E-state index in [1.807, 2.05) is 0 Å². The Hall–Kier alpha value is -1.96. The van der Waals surface area contributed by atoms with Crippen molar-refractivity contribution < 1.29 is 9.18 Å². The molecular weight excluding hydrogens is 470 g/mol. The molecule has 0 radical (unpaired) electrons. The Balaban J connectivity index is 1.74. The number of amides is 1. The standard InChI is InChI=1S/C19H14BrCl2FN4O/c1-9-16-10(4-5-13(16)23)7-12(22)17(9)25-19(28)14-8-15(20)26-27(14)18-11(21)3-2-6-24-18/h2-3,6-8,13H,4-5H2,1H3,(H,25,28). The van der Waals surface area contributed by atoms with Gasteiger partial charge in [-0.2, -0.15) is 5.10 Å². The Bertz CT molecular complexity index is 1100. The van der Waals surface area contributed by atoms with Crippen LogP contribution in [0.4, 0.5) is 10.1 Å². The first-order valence-corrected chi connectivity index (χ1v) is 10.1. The predicted molar refractivity (Wildman–Crippen MR) is 110 cm³/mol. The summed E-state index contributed by atoms with van der Waals surface area (Å²) in [6.07, 6.45) is 1.58. The molecule has 0 saturated heterocycles. The molecule has 0 aliphatic heterocycles. The van der Waals surface area contributed by atoms with Gasteiger partial charge in [0, 0.05) is 12.3 Å². The van der Waals surface area contributed by atoms with Gasteiger partial charge in [-0.3, -0.25) is 4.79 Å². The van der Waals surface area contributed by atoms with Gasteiger partial charge in [-0.05, 0) is 70.6 Å². The molecule has 1 unspecified atom stereocenters. The average molecular weight is 484 g/mol. The molecule has 4 rings (SSSR count). The van der Waals surface area contributed by atoms with Crippen molar-refractivity contribution in [3.63, 3.8) is 0 Å². The number of fused-ring (bicyclic) bond motifs is 1. The zero-order chi connectivity index (χ0) is 20.0. The topological polar surface area (TPSA) is 59.8 Å². The summed E-state index contributed by atoms with van der Waals surface area (Å²) >= 11 is 15.9. The summed E-state index contributed by atoms with van der Waals surface area (Å²) in [5, 5.41) is 7.77. The maximum atomic E-state index is 14.3. The number of nitrogens with one attached hydrogen (secondary N) is 1. The van der Waals surface area contributed by atoms with Crippen LogP contribution >= 0.6 is 39.1 Å². The summed E-state index contributed by atoms with van der Waals surface area (Å²) in [4.78, 5) is 17.2. The van der Waals surface area contributed by atoms with Crippen LogP contribution < -0.4 is 5.32 Å². The Labute approximate surface area is 179 Å². The lowest BCUT2D eigenvalue weighted by atomic mass is 10.0. The van der Waals surface area contributed by atoms with Crippen molar-refractivity contribution >= 4 is 50.7 Å². The van der Waals surface area contributed by atoms with E-state index in [-0.39, 0.29) is 5.69 Å². The second kappa shape index (κ2) is 7.46. The maximum Gasteiger partial charge on any atom is 0.274 e. The van der Waals surface area contributed by atoms with Gasteiger partial charge in [-0.15, -0.1) is 0 Å². The summed E-state index contributed by atoms with van der Waals surface area (Å²) in [6, 6.07) is 6.62. The molecule has 28 heavy (non-hydrogen) atoms. The normalized spacial score (nSPS) is 15.5. The zero-order valence-corrected chi connectivity index (χ0v) is 17.7. The van der Waals surface area contributed by atoms with Crippen molar-refractivity contribution in [1.82, 2.24) is 14.8 Å². The highest BCUT2D eigenvalue weighted by Gasteiger charge is 2.28. The lowest BCUT2D eigenvalue weighted by Crippen LogP contribution is -2.19. The summed E-state index contributed by atoms with van der Waals surface area (Å²) in [6.45, 7) is 1.76. The first-order chi connectivity index (χ1) is 13.4. The number of hydrogen-bond donors (Lipinski definition) is 1. The van der Waals surface area contributed by atoms with Crippen LogP contribution in [0, 0.1) is 6.92 Å². The number of rotatable bonds is 3. The fraction of sp³-hybridized carbons (Fsp3) is 0.211. The van der Waals surface area contributed by atoms with Gasteiger partial charge in [0.25, 0.3) is 5.91 Å². The lowest BCUT2D eigenvalue weighted by molar-refractivity contribution is 0.101. The Morgan fingerprint density at radius 3 is 2.89 bits per heavy atom. The molecule has 1 atom stereocenters. The lowest BCUT2D eigenvalue weighted by Gasteiger charge is -2.16. The first kappa shape index (κ1) is 19.4. The largest absolute Gasteiger partial charge is 0.319 e. The molecule has 1 aromatic carbocycles. The number of aryl methyl sites for hydroxylation is 1. The number of benzene rings is 1. The molecule has 3 aromatic rings. The minimum Gasteiger partial charge on any atom is -0.319 e. The maximum absolute atomic E-state index is 14.3. The smallest absolute Gasteiger partial charge is 0.274 e. The van der Waals surface area contributed by atoms with Crippen molar-refractivity contribution in [2.75, 3.05) is 5.32 Å². The number of alkyl halides is 1. The highest BCUT2D eigenvalue weighted by Crippen LogP contribution is 2.42. The van der Waals surface area contributed by atoms with E-state index in [9.17, 15) is 9.18 Å². The van der Waals surface area contributed by atoms with E-state index in [1.54, 1.807) is 37.4 Å². The second-order valence-electron chi connectivity index (χ2n) is 6.46. The van der Waals surface area contributed by atoms with Crippen LogP contribution in [0.15, 0.2) is 35.1 Å². The minimum absolute atomic E-state index is 0.209. The SMILES string of the molecule is Cc1c(NC(=O)c2cc(Br)nn2-c2ncccc2Cl)c(Cl)cc2c1C(F)CC2. The third kappa shape index (κ3) is 3.32. The number of halogens is 4. The third-order valence-electron chi connectivity index (χ3n) is 4.74. The summed E-state index contributed by atoms with van der Waals surface area (Å²) in [5.74, 6) is -0.140. The molecule has 1 aliphatic carbocycles. The van der Waals surface area contributed by atoms with Gasteiger partial charge in [0.2, 0.25) is 0 Å². The van der Waals surface area contributed by atoms with Crippen LogP contribution in [0.3, 0.4) is 0 Å². The van der Waals surface area contributed by atoms with Crippen molar-refractivity contribution in [3.05, 3.63) is 67.5 Å².